The minimum atomic E-state index is 0.417. The average Bonchev–Trinajstić information content (AvgIpc) is 2.70. The van der Waals surface area contributed by atoms with Gasteiger partial charge in [-0.3, -0.25) is 0 Å². The first kappa shape index (κ1) is 11.4. The van der Waals surface area contributed by atoms with E-state index in [0.29, 0.717) is 11.8 Å². The van der Waals surface area contributed by atoms with Crippen molar-refractivity contribution in [3.8, 4) is 5.75 Å². The third kappa shape index (κ3) is 2.36. The van der Waals surface area contributed by atoms with Crippen molar-refractivity contribution in [1.82, 2.24) is 5.32 Å². The minimum absolute atomic E-state index is 0.417. The molecule has 1 aliphatic rings. The molecule has 2 rings (SSSR count). The van der Waals surface area contributed by atoms with Gasteiger partial charge in [-0.15, -0.1) is 0 Å². The molecule has 0 amide bonds. The molecule has 4 N–H and O–H groups in total. The molecular weight excluding hydrogens is 200 g/mol. The lowest BCUT2D eigenvalue weighted by Crippen LogP contribution is -2.21. The molecule has 3 nitrogen and oxygen atoms in total. The van der Waals surface area contributed by atoms with E-state index in [-0.39, 0.29) is 0 Å². The fourth-order valence-corrected chi connectivity index (χ4v) is 2.39. The zero-order valence-corrected chi connectivity index (χ0v) is 9.58. The fourth-order valence-electron chi connectivity index (χ4n) is 2.39. The molecule has 1 unspecified atom stereocenters. The molecule has 0 heterocycles. The summed E-state index contributed by atoms with van der Waals surface area (Å²) in [6.07, 6.45) is 4.28. The second kappa shape index (κ2) is 5.32. The number of unbranched alkanes of at least 4 members (excludes halogenated alkanes) is 1. The van der Waals surface area contributed by atoms with E-state index in [0.717, 1.165) is 44.3 Å². The van der Waals surface area contributed by atoms with Crippen LogP contribution >= 0.6 is 0 Å². The summed E-state index contributed by atoms with van der Waals surface area (Å²) in [5.41, 5.74) is 7.85. The summed E-state index contributed by atoms with van der Waals surface area (Å²) in [5.74, 6) is 0.448. The zero-order chi connectivity index (χ0) is 11.4. The molecular formula is C13H20N2O. The highest BCUT2D eigenvalue weighted by Gasteiger charge is 2.23. The molecule has 0 radical (unpaired) electrons. The van der Waals surface area contributed by atoms with Gasteiger partial charge in [0.2, 0.25) is 0 Å². The van der Waals surface area contributed by atoms with Crippen LogP contribution in [0.3, 0.4) is 0 Å². The maximum absolute atomic E-state index is 9.71. The summed E-state index contributed by atoms with van der Waals surface area (Å²) in [5, 5.41) is 13.2. The van der Waals surface area contributed by atoms with Gasteiger partial charge in [0.05, 0.1) is 0 Å². The SMILES string of the molecule is NCCCCNC1CCc2c(O)cccc21. The maximum atomic E-state index is 9.71. The van der Waals surface area contributed by atoms with E-state index >= 15 is 0 Å². The number of fused-ring (bicyclic) bond motifs is 1. The Kier molecular flexibility index (Phi) is 3.80. The minimum Gasteiger partial charge on any atom is -0.508 e. The van der Waals surface area contributed by atoms with Gasteiger partial charge in [-0.05, 0) is 56.0 Å². The van der Waals surface area contributed by atoms with Crippen LogP contribution in [0, 0.1) is 0 Å². The van der Waals surface area contributed by atoms with Crippen molar-refractivity contribution in [2.24, 2.45) is 5.73 Å². The number of rotatable bonds is 5. The van der Waals surface area contributed by atoms with E-state index < -0.39 is 0 Å². The Morgan fingerprint density at radius 2 is 2.25 bits per heavy atom. The molecule has 0 aliphatic heterocycles. The van der Waals surface area contributed by atoms with Crippen molar-refractivity contribution in [3.05, 3.63) is 29.3 Å². The predicted octanol–water partition coefficient (Wildman–Crippen LogP) is 1.71. The predicted molar refractivity (Wildman–Crippen MR) is 65.5 cm³/mol. The van der Waals surface area contributed by atoms with Gasteiger partial charge in [0.25, 0.3) is 0 Å². The molecule has 0 saturated carbocycles. The van der Waals surface area contributed by atoms with Crippen molar-refractivity contribution >= 4 is 0 Å². The van der Waals surface area contributed by atoms with E-state index in [1.807, 2.05) is 6.07 Å². The van der Waals surface area contributed by atoms with E-state index in [9.17, 15) is 5.11 Å². The molecule has 16 heavy (non-hydrogen) atoms. The van der Waals surface area contributed by atoms with Crippen LogP contribution in [0.1, 0.15) is 36.4 Å². The third-order valence-corrected chi connectivity index (χ3v) is 3.27. The maximum Gasteiger partial charge on any atom is 0.119 e. The lowest BCUT2D eigenvalue weighted by Gasteiger charge is -2.13. The molecule has 1 aromatic carbocycles. The molecule has 0 bridgehead atoms. The molecule has 3 heteroatoms. The third-order valence-electron chi connectivity index (χ3n) is 3.27. The largest absolute Gasteiger partial charge is 0.508 e. The number of phenols is 1. The summed E-state index contributed by atoms with van der Waals surface area (Å²) in [4.78, 5) is 0. The van der Waals surface area contributed by atoms with Crippen LogP contribution < -0.4 is 11.1 Å². The number of benzene rings is 1. The monoisotopic (exact) mass is 220 g/mol. The van der Waals surface area contributed by atoms with E-state index in [4.69, 9.17) is 5.73 Å². The molecule has 0 spiro atoms. The molecule has 0 saturated heterocycles. The Morgan fingerprint density at radius 1 is 1.38 bits per heavy atom. The average molecular weight is 220 g/mol. The number of nitrogens with one attached hydrogen (secondary N) is 1. The Labute approximate surface area is 96.7 Å². The second-order valence-electron chi connectivity index (χ2n) is 4.39. The van der Waals surface area contributed by atoms with Gasteiger partial charge in [0, 0.05) is 6.04 Å². The number of hydrogen-bond donors (Lipinski definition) is 3. The highest BCUT2D eigenvalue weighted by molar-refractivity contribution is 5.44. The van der Waals surface area contributed by atoms with Crippen LogP contribution in [0.25, 0.3) is 0 Å². The highest BCUT2D eigenvalue weighted by Crippen LogP contribution is 2.36. The van der Waals surface area contributed by atoms with E-state index in [2.05, 4.69) is 11.4 Å². The van der Waals surface area contributed by atoms with Crippen LogP contribution in [-0.2, 0) is 6.42 Å². The van der Waals surface area contributed by atoms with Crippen LogP contribution in [0.4, 0.5) is 0 Å². The van der Waals surface area contributed by atoms with Crippen LogP contribution in [0.5, 0.6) is 5.75 Å². The Balaban J connectivity index is 1.93. The number of hydrogen-bond acceptors (Lipinski definition) is 3. The fraction of sp³-hybridized carbons (Fsp3) is 0.538. The van der Waals surface area contributed by atoms with E-state index in [1.165, 1.54) is 5.56 Å². The van der Waals surface area contributed by atoms with Crippen molar-refractivity contribution < 1.29 is 5.11 Å². The Hall–Kier alpha value is -1.06. The zero-order valence-electron chi connectivity index (χ0n) is 9.58. The molecule has 1 atom stereocenters. The van der Waals surface area contributed by atoms with Gasteiger partial charge in [0.15, 0.2) is 0 Å². The second-order valence-corrected chi connectivity index (χ2v) is 4.39. The Morgan fingerprint density at radius 3 is 3.06 bits per heavy atom. The smallest absolute Gasteiger partial charge is 0.119 e. The van der Waals surface area contributed by atoms with Crippen molar-refractivity contribution in [2.45, 2.75) is 31.7 Å². The van der Waals surface area contributed by atoms with Crippen molar-refractivity contribution in [1.29, 1.82) is 0 Å². The summed E-state index contributed by atoms with van der Waals surface area (Å²) < 4.78 is 0. The van der Waals surface area contributed by atoms with Crippen LogP contribution in [-0.4, -0.2) is 18.2 Å². The van der Waals surface area contributed by atoms with Gasteiger partial charge in [-0.2, -0.15) is 0 Å². The first-order valence-electron chi connectivity index (χ1n) is 6.07. The lowest BCUT2D eigenvalue weighted by molar-refractivity contribution is 0.469. The lowest BCUT2D eigenvalue weighted by atomic mass is 10.1. The number of nitrogens with two attached hydrogens (primary N) is 1. The first-order valence-corrected chi connectivity index (χ1v) is 6.07. The summed E-state index contributed by atoms with van der Waals surface area (Å²) in [6.45, 7) is 1.78. The molecule has 1 aliphatic carbocycles. The Bertz CT molecular complexity index is 352. The van der Waals surface area contributed by atoms with E-state index in [1.54, 1.807) is 6.07 Å². The quantitative estimate of drug-likeness (QED) is 0.662. The molecule has 0 fully saturated rings. The molecule has 1 aromatic rings. The molecule has 0 aromatic heterocycles. The summed E-state index contributed by atoms with van der Waals surface area (Å²) >= 11 is 0. The number of aromatic hydroxyl groups is 1. The van der Waals surface area contributed by atoms with Gasteiger partial charge < -0.3 is 16.2 Å². The first-order chi connectivity index (χ1) is 7.83. The molecule has 88 valence electrons. The normalized spacial score (nSPS) is 18.7. The van der Waals surface area contributed by atoms with Gasteiger partial charge in [0.1, 0.15) is 5.75 Å². The van der Waals surface area contributed by atoms with Gasteiger partial charge in [-0.1, -0.05) is 12.1 Å². The summed E-state index contributed by atoms with van der Waals surface area (Å²) in [7, 11) is 0. The van der Waals surface area contributed by atoms with Gasteiger partial charge in [-0.25, -0.2) is 0 Å². The van der Waals surface area contributed by atoms with Crippen molar-refractivity contribution in [2.75, 3.05) is 13.1 Å². The van der Waals surface area contributed by atoms with Crippen LogP contribution in [0.2, 0.25) is 0 Å². The van der Waals surface area contributed by atoms with Gasteiger partial charge >= 0.3 is 0 Å². The number of phenolic OH excluding ortho intramolecular Hbond substituents is 1. The van der Waals surface area contributed by atoms with Crippen LogP contribution in [0.15, 0.2) is 18.2 Å². The van der Waals surface area contributed by atoms with Crippen molar-refractivity contribution in [3.63, 3.8) is 0 Å². The topological polar surface area (TPSA) is 58.3 Å². The summed E-state index contributed by atoms with van der Waals surface area (Å²) in [6, 6.07) is 6.23. The standard InChI is InChI=1S/C13H20N2O/c14-8-1-2-9-15-12-7-6-11-10(12)4-3-5-13(11)16/h3-5,12,15-16H,1-2,6-9,14H2. The highest BCUT2D eigenvalue weighted by atomic mass is 16.3.